The Morgan fingerprint density at radius 1 is 1.61 bits per heavy atom. The van der Waals surface area contributed by atoms with Gasteiger partial charge in [0.2, 0.25) is 0 Å². The lowest BCUT2D eigenvalue weighted by atomic mass is 10.1. The molecule has 1 fully saturated rings. The number of amides is 1. The highest BCUT2D eigenvalue weighted by molar-refractivity contribution is 5.99. The third-order valence-corrected chi connectivity index (χ3v) is 3.02. The van der Waals surface area contributed by atoms with E-state index < -0.39 is 0 Å². The smallest absolute Gasteiger partial charge is 0.256 e. The number of carbonyl (C=O) groups excluding carboxylic acids is 1. The van der Waals surface area contributed by atoms with E-state index >= 15 is 0 Å². The third kappa shape index (κ3) is 2.79. The topological polar surface area (TPSA) is 71.2 Å². The van der Waals surface area contributed by atoms with Crippen LogP contribution < -0.4 is 11.3 Å². The molecule has 0 aliphatic heterocycles. The summed E-state index contributed by atoms with van der Waals surface area (Å²) in [6.45, 7) is 5.03. The first-order chi connectivity index (χ1) is 8.63. The molecule has 18 heavy (non-hydrogen) atoms. The van der Waals surface area contributed by atoms with Crippen molar-refractivity contribution < 1.29 is 4.79 Å². The number of pyridine rings is 1. The van der Waals surface area contributed by atoms with Gasteiger partial charge in [-0.3, -0.25) is 15.6 Å². The number of nitrogens with one attached hydrogen (secondary N) is 1. The van der Waals surface area contributed by atoms with Crippen LogP contribution in [-0.2, 0) is 0 Å². The number of rotatable bonds is 5. The maximum absolute atomic E-state index is 12.5. The van der Waals surface area contributed by atoms with Gasteiger partial charge in [0.25, 0.3) is 5.91 Å². The van der Waals surface area contributed by atoms with E-state index in [4.69, 9.17) is 5.84 Å². The van der Waals surface area contributed by atoms with Crippen molar-refractivity contribution >= 4 is 11.6 Å². The first-order valence-corrected chi connectivity index (χ1v) is 6.35. The van der Waals surface area contributed by atoms with Crippen molar-refractivity contribution in [1.82, 2.24) is 9.88 Å². The first-order valence-electron chi connectivity index (χ1n) is 6.35. The highest BCUT2D eigenvalue weighted by Gasteiger charge is 2.33. The van der Waals surface area contributed by atoms with Gasteiger partial charge in [0.05, 0.1) is 17.4 Å². The molecule has 1 aromatic rings. The third-order valence-electron chi connectivity index (χ3n) is 3.02. The fourth-order valence-electron chi connectivity index (χ4n) is 2.03. The van der Waals surface area contributed by atoms with Crippen LogP contribution in [0, 0.1) is 5.92 Å². The lowest BCUT2D eigenvalue weighted by Gasteiger charge is -2.25. The van der Waals surface area contributed by atoms with E-state index in [1.165, 1.54) is 0 Å². The molecule has 0 radical (unpaired) electrons. The van der Waals surface area contributed by atoms with Gasteiger partial charge < -0.3 is 10.3 Å². The minimum absolute atomic E-state index is 0.0431. The fourth-order valence-corrected chi connectivity index (χ4v) is 2.03. The molecule has 3 N–H and O–H groups in total. The number of nitrogens with zero attached hydrogens (tertiary/aromatic N) is 2. The minimum Gasteiger partial charge on any atom is -0.335 e. The molecule has 1 saturated carbocycles. The zero-order chi connectivity index (χ0) is 13.1. The zero-order valence-electron chi connectivity index (χ0n) is 10.9. The molecule has 5 heteroatoms. The van der Waals surface area contributed by atoms with E-state index in [9.17, 15) is 4.79 Å². The molecule has 0 spiro atoms. The van der Waals surface area contributed by atoms with Crippen LogP contribution in [0.25, 0.3) is 0 Å². The molecule has 1 heterocycles. The van der Waals surface area contributed by atoms with Crippen LogP contribution in [0.2, 0.25) is 0 Å². The normalized spacial score (nSPS) is 14.7. The Balaban J connectivity index is 2.21. The summed E-state index contributed by atoms with van der Waals surface area (Å²) < 4.78 is 0. The van der Waals surface area contributed by atoms with E-state index in [-0.39, 0.29) is 5.91 Å². The van der Waals surface area contributed by atoms with Gasteiger partial charge in [-0.15, -0.1) is 0 Å². The van der Waals surface area contributed by atoms with Crippen LogP contribution in [0.15, 0.2) is 18.5 Å². The molecule has 0 aromatic carbocycles. The molecule has 2 rings (SSSR count). The van der Waals surface area contributed by atoms with Crippen molar-refractivity contribution in [1.29, 1.82) is 0 Å². The lowest BCUT2D eigenvalue weighted by Crippen LogP contribution is -2.36. The summed E-state index contributed by atoms with van der Waals surface area (Å²) in [4.78, 5) is 18.5. The fraction of sp³-hybridized carbons (Fsp3) is 0.538. The summed E-state index contributed by atoms with van der Waals surface area (Å²) in [5.41, 5.74) is 3.71. The van der Waals surface area contributed by atoms with Gasteiger partial charge in [-0.05, 0) is 24.8 Å². The molecule has 0 bridgehead atoms. The Kier molecular flexibility index (Phi) is 3.81. The number of hydrogen-bond acceptors (Lipinski definition) is 4. The Morgan fingerprint density at radius 3 is 2.89 bits per heavy atom. The SMILES string of the molecule is CC(C)CN(C(=O)c1ccncc1NN)C1CC1. The molecule has 98 valence electrons. The van der Waals surface area contributed by atoms with Crippen LogP contribution in [0.3, 0.4) is 0 Å². The summed E-state index contributed by atoms with van der Waals surface area (Å²) >= 11 is 0. The molecular formula is C13H20N4O. The van der Waals surface area contributed by atoms with Crippen molar-refractivity contribution in [3.8, 4) is 0 Å². The largest absolute Gasteiger partial charge is 0.335 e. The Morgan fingerprint density at radius 2 is 2.33 bits per heavy atom. The van der Waals surface area contributed by atoms with E-state index in [2.05, 4.69) is 24.3 Å². The minimum atomic E-state index is 0.0431. The van der Waals surface area contributed by atoms with Crippen LogP contribution >= 0.6 is 0 Å². The van der Waals surface area contributed by atoms with Crippen LogP contribution in [0.5, 0.6) is 0 Å². The molecular weight excluding hydrogens is 228 g/mol. The maximum Gasteiger partial charge on any atom is 0.256 e. The number of nitrogens with two attached hydrogens (primary N) is 1. The quantitative estimate of drug-likeness (QED) is 0.613. The molecule has 1 aliphatic rings. The Hall–Kier alpha value is -1.62. The predicted molar refractivity (Wildman–Crippen MR) is 70.9 cm³/mol. The average molecular weight is 248 g/mol. The van der Waals surface area contributed by atoms with Gasteiger partial charge in [0.15, 0.2) is 0 Å². The summed E-state index contributed by atoms with van der Waals surface area (Å²) in [7, 11) is 0. The number of anilines is 1. The second-order valence-corrected chi connectivity index (χ2v) is 5.15. The van der Waals surface area contributed by atoms with Crippen molar-refractivity contribution in [2.24, 2.45) is 11.8 Å². The van der Waals surface area contributed by atoms with E-state index in [0.29, 0.717) is 23.2 Å². The summed E-state index contributed by atoms with van der Waals surface area (Å²) in [6, 6.07) is 2.12. The monoisotopic (exact) mass is 248 g/mol. The predicted octanol–water partition coefficient (Wildman–Crippen LogP) is 1.63. The Bertz CT molecular complexity index is 429. The molecule has 0 atom stereocenters. The second kappa shape index (κ2) is 5.35. The van der Waals surface area contributed by atoms with Gasteiger partial charge in [0, 0.05) is 18.8 Å². The molecule has 5 nitrogen and oxygen atoms in total. The summed E-state index contributed by atoms with van der Waals surface area (Å²) in [6.07, 6.45) is 5.41. The first kappa shape index (κ1) is 12.8. The van der Waals surface area contributed by atoms with Crippen molar-refractivity contribution in [3.05, 3.63) is 24.0 Å². The number of aromatic nitrogens is 1. The number of hydrogen-bond donors (Lipinski definition) is 2. The second-order valence-electron chi connectivity index (χ2n) is 5.15. The highest BCUT2D eigenvalue weighted by atomic mass is 16.2. The number of carbonyl (C=O) groups is 1. The Labute approximate surface area is 107 Å². The average Bonchev–Trinajstić information content (AvgIpc) is 3.19. The standard InChI is InChI=1S/C13H20N4O/c1-9(2)8-17(10-3-4-10)13(18)11-5-6-15-7-12(11)16-14/h5-7,9-10,16H,3-4,8,14H2,1-2H3. The molecule has 0 saturated heterocycles. The van der Waals surface area contributed by atoms with E-state index in [1.54, 1.807) is 18.5 Å². The molecule has 1 amide bonds. The highest BCUT2D eigenvalue weighted by Crippen LogP contribution is 2.30. The van der Waals surface area contributed by atoms with E-state index in [1.807, 2.05) is 4.90 Å². The summed E-state index contributed by atoms with van der Waals surface area (Å²) in [5.74, 6) is 5.93. The van der Waals surface area contributed by atoms with Gasteiger partial charge in [-0.2, -0.15) is 0 Å². The lowest BCUT2D eigenvalue weighted by molar-refractivity contribution is 0.0723. The van der Waals surface area contributed by atoms with Gasteiger partial charge in [-0.1, -0.05) is 13.8 Å². The van der Waals surface area contributed by atoms with E-state index in [0.717, 1.165) is 19.4 Å². The molecule has 1 aromatic heterocycles. The van der Waals surface area contributed by atoms with Gasteiger partial charge in [0.1, 0.15) is 0 Å². The van der Waals surface area contributed by atoms with Gasteiger partial charge >= 0.3 is 0 Å². The van der Waals surface area contributed by atoms with Crippen LogP contribution in [0.4, 0.5) is 5.69 Å². The van der Waals surface area contributed by atoms with Crippen molar-refractivity contribution in [2.75, 3.05) is 12.0 Å². The molecule has 1 aliphatic carbocycles. The number of hydrazine groups is 1. The number of nitrogen functional groups attached to an aromatic ring is 1. The zero-order valence-corrected chi connectivity index (χ0v) is 10.9. The summed E-state index contributed by atoms with van der Waals surface area (Å²) in [5, 5.41) is 0. The van der Waals surface area contributed by atoms with Crippen molar-refractivity contribution in [3.63, 3.8) is 0 Å². The maximum atomic E-state index is 12.5. The van der Waals surface area contributed by atoms with Crippen LogP contribution in [0.1, 0.15) is 37.0 Å². The van der Waals surface area contributed by atoms with Crippen LogP contribution in [-0.4, -0.2) is 28.4 Å². The van der Waals surface area contributed by atoms with Crippen molar-refractivity contribution in [2.45, 2.75) is 32.7 Å². The van der Waals surface area contributed by atoms with Gasteiger partial charge in [-0.25, -0.2) is 0 Å². The molecule has 0 unspecified atom stereocenters.